The lowest BCUT2D eigenvalue weighted by Gasteiger charge is -2.34. The zero-order chi connectivity index (χ0) is 26.9. The number of imidazole rings is 1. The average molecular weight is 561 g/mol. The van der Waals surface area contributed by atoms with Crippen LogP contribution in [0.5, 0.6) is 0 Å². The molecule has 11 heteroatoms. The molecule has 2 aromatic heterocycles. The third-order valence-corrected chi connectivity index (χ3v) is 7.53. The molecule has 1 fully saturated rings. The van der Waals surface area contributed by atoms with Gasteiger partial charge in [0.05, 0.1) is 26.8 Å². The Bertz CT molecular complexity index is 1640. The summed E-state index contributed by atoms with van der Waals surface area (Å²) in [5, 5.41) is 13.9. The van der Waals surface area contributed by atoms with Gasteiger partial charge in [-0.2, -0.15) is 5.10 Å². The molecule has 0 radical (unpaired) electrons. The Labute approximate surface area is 235 Å². The van der Waals surface area contributed by atoms with Crippen molar-refractivity contribution in [3.05, 3.63) is 76.8 Å². The second kappa shape index (κ2) is 10.6. The van der Waals surface area contributed by atoms with E-state index in [4.69, 9.17) is 28.2 Å². The third kappa shape index (κ3) is 5.56. The molecule has 1 aliphatic rings. The molecular weight excluding hydrogens is 535 g/mol. The topological polar surface area (TPSA) is 105 Å². The van der Waals surface area contributed by atoms with Gasteiger partial charge in [0.1, 0.15) is 5.69 Å². The first kappa shape index (κ1) is 25.2. The first-order chi connectivity index (χ1) is 18.9. The third-order valence-electron chi connectivity index (χ3n) is 6.79. The van der Waals surface area contributed by atoms with Crippen LogP contribution in [0, 0.1) is 0 Å². The highest BCUT2D eigenvalue weighted by molar-refractivity contribution is 6.42. The minimum Gasteiger partial charge on any atom is -0.369 e. The lowest BCUT2D eigenvalue weighted by Crippen LogP contribution is -2.44. The van der Waals surface area contributed by atoms with Crippen LogP contribution in [0.15, 0.2) is 66.7 Å². The molecule has 0 saturated carbocycles. The number of H-pyrrole nitrogens is 2. The molecule has 0 spiro atoms. The number of hydrogen-bond donors (Lipinski definition) is 4. The van der Waals surface area contributed by atoms with E-state index in [9.17, 15) is 4.79 Å². The Morgan fingerprint density at radius 2 is 1.62 bits per heavy atom. The first-order valence-electron chi connectivity index (χ1n) is 12.5. The maximum atomic E-state index is 12.4. The van der Waals surface area contributed by atoms with E-state index in [1.54, 1.807) is 18.2 Å². The number of hydrogen-bond acceptors (Lipinski definition) is 5. The number of aromatic nitrogens is 4. The molecular formula is C28H26Cl2N8O. The predicted octanol–water partition coefficient (Wildman–Crippen LogP) is 6.32. The van der Waals surface area contributed by atoms with Crippen molar-refractivity contribution in [2.45, 2.75) is 0 Å². The van der Waals surface area contributed by atoms with Crippen molar-refractivity contribution in [1.82, 2.24) is 25.1 Å². The molecule has 2 amide bonds. The molecule has 0 atom stereocenters. The molecule has 4 N–H and O–H groups in total. The van der Waals surface area contributed by atoms with Crippen molar-refractivity contribution >= 4 is 57.3 Å². The standard InChI is InChI=1S/C28H26Cl2N8O/c1-37-10-12-38(13-11-37)20-7-9-23-25(15-20)34-27(33-23)26-16-24(35-36-26)17-2-4-18(5-3-17)31-28(39)32-19-6-8-21(29)22(30)14-19/h2-9,14-16H,10-13H2,1H3,(H,33,34)(H,35,36)(H2,31,32,39). The second-order valence-corrected chi connectivity index (χ2v) is 10.3. The number of halogens is 2. The van der Waals surface area contributed by atoms with Gasteiger partial charge in [-0.05, 0) is 67.2 Å². The Balaban J connectivity index is 1.13. The summed E-state index contributed by atoms with van der Waals surface area (Å²) in [4.78, 5) is 25.3. The molecule has 3 heterocycles. The van der Waals surface area contributed by atoms with Crippen molar-refractivity contribution in [3.8, 4) is 22.8 Å². The quantitative estimate of drug-likeness (QED) is 0.201. The fourth-order valence-electron chi connectivity index (χ4n) is 4.57. The molecule has 0 aliphatic carbocycles. The van der Waals surface area contributed by atoms with Gasteiger partial charge in [0, 0.05) is 43.2 Å². The summed E-state index contributed by atoms with van der Waals surface area (Å²) in [6, 6.07) is 20.3. The Hall–Kier alpha value is -4.05. The van der Waals surface area contributed by atoms with Gasteiger partial charge >= 0.3 is 6.03 Å². The first-order valence-corrected chi connectivity index (χ1v) is 13.3. The summed E-state index contributed by atoms with van der Waals surface area (Å²) in [5.41, 5.74) is 6.77. The van der Waals surface area contributed by atoms with Crippen molar-refractivity contribution < 1.29 is 4.79 Å². The van der Waals surface area contributed by atoms with E-state index in [1.807, 2.05) is 30.3 Å². The van der Waals surface area contributed by atoms with Gasteiger partial charge < -0.3 is 25.4 Å². The maximum Gasteiger partial charge on any atom is 0.323 e. The molecule has 5 aromatic rings. The van der Waals surface area contributed by atoms with Crippen LogP contribution in [0.2, 0.25) is 10.0 Å². The van der Waals surface area contributed by atoms with Crippen LogP contribution in [-0.4, -0.2) is 64.3 Å². The van der Waals surface area contributed by atoms with E-state index < -0.39 is 0 Å². The average Bonchev–Trinajstić information content (AvgIpc) is 3.59. The monoisotopic (exact) mass is 560 g/mol. The normalized spacial score (nSPS) is 14.1. The van der Waals surface area contributed by atoms with Gasteiger partial charge in [0.2, 0.25) is 0 Å². The fourth-order valence-corrected chi connectivity index (χ4v) is 4.87. The number of aromatic amines is 2. The van der Waals surface area contributed by atoms with E-state index in [1.165, 1.54) is 5.69 Å². The van der Waals surface area contributed by atoms with E-state index >= 15 is 0 Å². The number of carbonyl (C=O) groups is 1. The van der Waals surface area contributed by atoms with Gasteiger partial charge in [-0.3, -0.25) is 5.10 Å². The number of amides is 2. The van der Waals surface area contributed by atoms with Crippen molar-refractivity contribution in [2.24, 2.45) is 0 Å². The molecule has 198 valence electrons. The smallest absolute Gasteiger partial charge is 0.323 e. The number of urea groups is 1. The largest absolute Gasteiger partial charge is 0.369 e. The van der Waals surface area contributed by atoms with Crippen LogP contribution in [0.1, 0.15) is 0 Å². The summed E-state index contributed by atoms with van der Waals surface area (Å²) in [7, 11) is 2.16. The van der Waals surface area contributed by atoms with Gasteiger partial charge in [-0.1, -0.05) is 35.3 Å². The number of fused-ring (bicyclic) bond motifs is 1. The van der Waals surface area contributed by atoms with E-state index in [-0.39, 0.29) is 6.03 Å². The number of benzene rings is 3. The number of nitrogens with zero attached hydrogens (tertiary/aromatic N) is 4. The van der Waals surface area contributed by atoms with Crippen molar-refractivity contribution in [3.63, 3.8) is 0 Å². The molecule has 9 nitrogen and oxygen atoms in total. The van der Waals surface area contributed by atoms with Gasteiger partial charge in [-0.25, -0.2) is 9.78 Å². The Kier molecular flexibility index (Phi) is 6.86. The van der Waals surface area contributed by atoms with Crippen LogP contribution >= 0.6 is 23.2 Å². The zero-order valence-corrected chi connectivity index (χ0v) is 22.6. The highest BCUT2D eigenvalue weighted by atomic mass is 35.5. The molecule has 0 unspecified atom stereocenters. The highest BCUT2D eigenvalue weighted by Gasteiger charge is 2.16. The number of rotatable bonds is 5. The molecule has 3 aromatic carbocycles. The number of carbonyl (C=O) groups excluding carboxylic acids is 1. The minimum atomic E-state index is -0.384. The van der Waals surface area contributed by atoms with Crippen LogP contribution < -0.4 is 15.5 Å². The van der Waals surface area contributed by atoms with Crippen LogP contribution in [0.25, 0.3) is 33.8 Å². The highest BCUT2D eigenvalue weighted by Crippen LogP contribution is 2.28. The molecule has 1 saturated heterocycles. The number of likely N-dealkylation sites (N-methyl/N-ethyl adjacent to an activating group) is 1. The van der Waals surface area contributed by atoms with Crippen molar-refractivity contribution in [1.29, 1.82) is 0 Å². The maximum absolute atomic E-state index is 12.4. The Morgan fingerprint density at radius 3 is 2.38 bits per heavy atom. The number of anilines is 3. The van der Waals surface area contributed by atoms with Crippen molar-refractivity contribution in [2.75, 3.05) is 48.8 Å². The second-order valence-electron chi connectivity index (χ2n) is 9.53. The lowest BCUT2D eigenvalue weighted by molar-refractivity contribution is 0.262. The molecule has 39 heavy (non-hydrogen) atoms. The van der Waals surface area contributed by atoms with Gasteiger partial charge in [0.15, 0.2) is 5.82 Å². The predicted molar refractivity (Wildman–Crippen MR) is 158 cm³/mol. The van der Waals surface area contributed by atoms with Crippen LogP contribution in [-0.2, 0) is 0 Å². The minimum absolute atomic E-state index is 0.371. The molecule has 6 rings (SSSR count). The molecule has 1 aliphatic heterocycles. The van der Waals surface area contributed by atoms with E-state index in [0.29, 0.717) is 27.2 Å². The van der Waals surface area contributed by atoms with E-state index in [2.05, 4.69) is 60.9 Å². The summed E-state index contributed by atoms with van der Waals surface area (Å²) in [6.45, 7) is 4.14. The van der Waals surface area contributed by atoms with E-state index in [0.717, 1.165) is 54.2 Å². The number of piperazine rings is 1. The molecule has 0 bridgehead atoms. The summed E-state index contributed by atoms with van der Waals surface area (Å²) in [6.07, 6.45) is 0. The van der Waals surface area contributed by atoms with Crippen LogP contribution in [0.3, 0.4) is 0 Å². The summed E-state index contributed by atoms with van der Waals surface area (Å²) in [5.74, 6) is 0.709. The zero-order valence-electron chi connectivity index (χ0n) is 21.1. The number of nitrogens with one attached hydrogen (secondary N) is 4. The van der Waals surface area contributed by atoms with Crippen LogP contribution in [0.4, 0.5) is 21.9 Å². The summed E-state index contributed by atoms with van der Waals surface area (Å²) < 4.78 is 0. The van der Waals surface area contributed by atoms with Gasteiger partial charge in [0.25, 0.3) is 0 Å². The lowest BCUT2D eigenvalue weighted by atomic mass is 10.1. The Morgan fingerprint density at radius 1 is 0.872 bits per heavy atom. The van der Waals surface area contributed by atoms with Gasteiger partial charge in [-0.15, -0.1) is 0 Å². The SMILES string of the molecule is CN1CCN(c2ccc3[nH]c(-c4cc(-c5ccc(NC(=O)Nc6ccc(Cl)c(Cl)c6)cc5)[nH]n4)nc3c2)CC1. The summed E-state index contributed by atoms with van der Waals surface area (Å²) >= 11 is 11.9. The fraction of sp³-hybridized carbons (Fsp3) is 0.179.